The SMILES string of the molecule is CCN(c1cccc(Cl)c1CNC(C)C)C1CCCC1. The smallest absolute Gasteiger partial charge is 0.0471 e. The molecule has 1 aliphatic rings. The first kappa shape index (κ1) is 15.7. The maximum Gasteiger partial charge on any atom is 0.0471 e. The van der Waals surface area contributed by atoms with Crippen molar-refractivity contribution in [1.82, 2.24) is 5.32 Å². The van der Waals surface area contributed by atoms with Crippen LogP contribution in [-0.2, 0) is 6.54 Å². The number of rotatable bonds is 6. The topological polar surface area (TPSA) is 15.3 Å². The molecule has 0 amide bonds. The number of hydrogen-bond acceptors (Lipinski definition) is 2. The van der Waals surface area contributed by atoms with Crippen LogP contribution in [0.1, 0.15) is 52.0 Å². The van der Waals surface area contributed by atoms with Gasteiger partial charge < -0.3 is 10.2 Å². The van der Waals surface area contributed by atoms with Gasteiger partial charge in [-0.3, -0.25) is 0 Å². The Bertz CT molecular complexity index is 425. The van der Waals surface area contributed by atoms with Gasteiger partial charge in [-0.15, -0.1) is 0 Å². The molecule has 0 atom stereocenters. The standard InChI is InChI=1S/C17H27ClN2/c1-4-20(14-8-5-6-9-14)17-11-7-10-16(18)15(17)12-19-13(2)3/h7,10-11,13-14,19H,4-6,8-9,12H2,1-3H3. The molecule has 0 spiro atoms. The fourth-order valence-corrected chi connectivity index (χ4v) is 3.38. The summed E-state index contributed by atoms with van der Waals surface area (Å²) in [6, 6.07) is 7.47. The molecular formula is C17H27ClN2. The Balaban J connectivity index is 2.25. The van der Waals surface area contributed by atoms with Crippen LogP contribution in [0.4, 0.5) is 5.69 Å². The fourth-order valence-electron chi connectivity index (χ4n) is 3.14. The van der Waals surface area contributed by atoms with Crippen LogP contribution in [0.5, 0.6) is 0 Å². The van der Waals surface area contributed by atoms with Gasteiger partial charge in [0.05, 0.1) is 0 Å². The Kier molecular flexibility index (Phi) is 5.74. The van der Waals surface area contributed by atoms with Crippen LogP contribution in [-0.4, -0.2) is 18.6 Å². The number of nitrogens with zero attached hydrogens (tertiary/aromatic N) is 1. The molecule has 1 N–H and O–H groups in total. The summed E-state index contributed by atoms with van der Waals surface area (Å²) in [5.74, 6) is 0. The van der Waals surface area contributed by atoms with Gasteiger partial charge in [0.1, 0.15) is 0 Å². The average Bonchev–Trinajstić information content (AvgIpc) is 2.92. The molecule has 1 aliphatic carbocycles. The van der Waals surface area contributed by atoms with Gasteiger partial charge >= 0.3 is 0 Å². The Morgan fingerprint density at radius 3 is 2.60 bits per heavy atom. The van der Waals surface area contributed by atoms with E-state index in [0.29, 0.717) is 12.1 Å². The van der Waals surface area contributed by atoms with Crippen molar-refractivity contribution in [2.24, 2.45) is 0 Å². The quantitative estimate of drug-likeness (QED) is 0.824. The second-order valence-corrected chi connectivity index (χ2v) is 6.40. The maximum atomic E-state index is 6.45. The zero-order chi connectivity index (χ0) is 14.5. The van der Waals surface area contributed by atoms with Crippen molar-refractivity contribution in [2.75, 3.05) is 11.4 Å². The Labute approximate surface area is 128 Å². The van der Waals surface area contributed by atoms with E-state index in [1.54, 1.807) is 0 Å². The lowest BCUT2D eigenvalue weighted by Crippen LogP contribution is -2.34. The molecule has 1 fully saturated rings. The third kappa shape index (κ3) is 3.67. The summed E-state index contributed by atoms with van der Waals surface area (Å²) in [4.78, 5) is 2.55. The number of halogens is 1. The van der Waals surface area contributed by atoms with E-state index < -0.39 is 0 Å². The number of hydrogen-bond donors (Lipinski definition) is 1. The van der Waals surface area contributed by atoms with Crippen molar-refractivity contribution in [1.29, 1.82) is 0 Å². The lowest BCUT2D eigenvalue weighted by Gasteiger charge is -2.32. The van der Waals surface area contributed by atoms with Gasteiger partial charge in [-0.05, 0) is 31.9 Å². The zero-order valence-electron chi connectivity index (χ0n) is 13.0. The number of anilines is 1. The third-order valence-corrected chi connectivity index (χ3v) is 4.55. The van der Waals surface area contributed by atoms with Crippen molar-refractivity contribution in [3.63, 3.8) is 0 Å². The summed E-state index contributed by atoms with van der Waals surface area (Å²) < 4.78 is 0. The lowest BCUT2D eigenvalue weighted by atomic mass is 10.1. The monoisotopic (exact) mass is 294 g/mol. The van der Waals surface area contributed by atoms with Crippen molar-refractivity contribution in [3.8, 4) is 0 Å². The van der Waals surface area contributed by atoms with Gasteiger partial charge in [0.15, 0.2) is 0 Å². The summed E-state index contributed by atoms with van der Waals surface area (Å²) in [5, 5.41) is 4.38. The van der Waals surface area contributed by atoms with E-state index in [9.17, 15) is 0 Å². The van der Waals surface area contributed by atoms with Crippen molar-refractivity contribution < 1.29 is 0 Å². The van der Waals surface area contributed by atoms with Crippen molar-refractivity contribution in [2.45, 2.75) is 65.1 Å². The van der Waals surface area contributed by atoms with Crippen LogP contribution in [0.15, 0.2) is 18.2 Å². The van der Waals surface area contributed by atoms with E-state index >= 15 is 0 Å². The second-order valence-electron chi connectivity index (χ2n) is 6.00. The van der Waals surface area contributed by atoms with Crippen LogP contribution in [0, 0.1) is 0 Å². The van der Waals surface area contributed by atoms with Crippen LogP contribution < -0.4 is 10.2 Å². The van der Waals surface area contributed by atoms with Gasteiger partial charge in [0.25, 0.3) is 0 Å². The second kappa shape index (κ2) is 7.33. The molecule has 1 saturated carbocycles. The minimum absolute atomic E-state index is 0.473. The number of nitrogens with one attached hydrogen (secondary N) is 1. The van der Waals surface area contributed by atoms with Gasteiger partial charge in [-0.1, -0.05) is 44.4 Å². The summed E-state index contributed by atoms with van der Waals surface area (Å²) in [6.07, 6.45) is 5.36. The molecule has 0 saturated heterocycles. The summed E-state index contributed by atoms with van der Waals surface area (Å²) >= 11 is 6.45. The minimum Gasteiger partial charge on any atom is -0.369 e. The molecule has 0 aliphatic heterocycles. The zero-order valence-corrected chi connectivity index (χ0v) is 13.7. The van der Waals surface area contributed by atoms with Gasteiger partial charge in [-0.25, -0.2) is 0 Å². The van der Waals surface area contributed by atoms with E-state index in [4.69, 9.17) is 11.6 Å². The highest BCUT2D eigenvalue weighted by atomic mass is 35.5. The molecule has 1 aromatic carbocycles. The maximum absolute atomic E-state index is 6.45. The average molecular weight is 295 g/mol. The van der Waals surface area contributed by atoms with Crippen molar-refractivity contribution in [3.05, 3.63) is 28.8 Å². The van der Waals surface area contributed by atoms with Gasteiger partial charge in [-0.2, -0.15) is 0 Å². The molecule has 0 unspecified atom stereocenters. The first-order valence-electron chi connectivity index (χ1n) is 7.91. The third-order valence-electron chi connectivity index (χ3n) is 4.20. The Morgan fingerprint density at radius 1 is 1.30 bits per heavy atom. The predicted molar refractivity (Wildman–Crippen MR) is 88.7 cm³/mol. The highest BCUT2D eigenvalue weighted by molar-refractivity contribution is 6.31. The first-order valence-corrected chi connectivity index (χ1v) is 8.28. The summed E-state index contributed by atoms with van der Waals surface area (Å²) in [5.41, 5.74) is 2.57. The minimum atomic E-state index is 0.473. The van der Waals surface area contributed by atoms with Crippen molar-refractivity contribution >= 4 is 17.3 Å². The first-order chi connectivity index (χ1) is 9.63. The normalized spacial score (nSPS) is 16.1. The van der Waals surface area contributed by atoms with E-state index in [-0.39, 0.29) is 0 Å². The largest absolute Gasteiger partial charge is 0.369 e. The van der Waals surface area contributed by atoms with E-state index in [0.717, 1.165) is 18.1 Å². The highest BCUT2D eigenvalue weighted by Gasteiger charge is 2.23. The summed E-state index contributed by atoms with van der Waals surface area (Å²) in [6.45, 7) is 8.49. The molecular weight excluding hydrogens is 268 g/mol. The molecule has 2 nitrogen and oxygen atoms in total. The molecule has 1 aromatic rings. The van der Waals surface area contributed by atoms with E-state index in [1.165, 1.54) is 36.9 Å². The highest BCUT2D eigenvalue weighted by Crippen LogP contribution is 2.33. The van der Waals surface area contributed by atoms with Crippen LogP contribution in [0.25, 0.3) is 0 Å². The van der Waals surface area contributed by atoms with E-state index in [1.807, 2.05) is 6.07 Å². The molecule has 0 heterocycles. The molecule has 2 rings (SSSR count). The van der Waals surface area contributed by atoms with Gasteiger partial charge in [0.2, 0.25) is 0 Å². The molecule has 0 aromatic heterocycles. The van der Waals surface area contributed by atoms with Crippen LogP contribution >= 0.6 is 11.6 Å². The summed E-state index contributed by atoms with van der Waals surface area (Å²) in [7, 11) is 0. The molecule has 3 heteroatoms. The van der Waals surface area contributed by atoms with Crippen LogP contribution in [0.3, 0.4) is 0 Å². The van der Waals surface area contributed by atoms with E-state index in [2.05, 4.69) is 43.1 Å². The molecule has 0 bridgehead atoms. The predicted octanol–water partition coefficient (Wildman–Crippen LogP) is 4.61. The van der Waals surface area contributed by atoms with Crippen LogP contribution in [0.2, 0.25) is 5.02 Å². The lowest BCUT2D eigenvalue weighted by molar-refractivity contribution is 0.580. The Hall–Kier alpha value is -0.730. The molecule has 0 radical (unpaired) electrons. The number of benzene rings is 1. The van der Waals surface area contributed by atoms with Gasteiger partial charge in [0, 0.05) is 41.4 Å². The fraction of sp³-hybridized carbons (Fsp3) is 0.647. The molecule has 20 heavy (non-hydrogen) atoms. The molecule has 112 valence electrons. The Morgan fingerprint density at radius 2 is 2.00 bits per heavy atom.